The molecule has 1 aliphatic carbocycles. The van der Waals surface area contributed by atoms with Gasteiger partial charge in [0.2, 0.25) is 5.91 Å². The fourth-order valence-electron chi connectivity index (χ4n) is 3.48. The van der Waals surface area contributed by atoms with Crippen LogP contribution in [0.3, 0.4) is 0 Å². The molecule has 0 aromatic carbocycles. The average Bonchev–Trinajstić information content (AvgIpc) is 2.69. The van der Waals surface area contributed by atoms with Gasteiger partial charge in [-0.1, -0.05) is 40.0 Å². The Morgan fingerprint density at radius 1 is 1.14 bits per heavy atom. The molecule has 1 aliphatic rings. The summed E-state index contributed by atoms with van der Waals surface area (Å²) in [7, 11) is 1.29. The maximum absolute atomic E-state index is 13.1. The Bertz CT molecular complexity index is 692. The van der Waals surface area contributed by atoms with Crippen molar-refractivity contribution in [1.29, 1.82) is 0 Å². The Hall–Kier alpha value is -2.51. The molecule has 1 aromatic rings. The molecule has 0 aliphatic heterocycles. The maximum Gasteiger partial charge on any atom is 0.328 e. The standard InChI is InChI=1S/C20H30N4O4.2H2/c1-20(2,3)16(19(27)28-4)24-18(26)15(13-8-6-5-7-9-13)23-17(25)14-12-21-10-11-22-14;;/h10-13,15-16H,5-9H2,1-4H3,(H,23,25)(H,24,26);2*1H/t15-,16+;;/m0../s1. The molecule has 1 saturated carbocycles. The number of carbonyl (C=O) groups is 3. The number of methoxy groups -OCH3 is 1. The number of hydrogen-bond acceptors (Lipinski definition) is 6. The number of nitrogens with zero attached hydrogens (tertiary/aromatic N) is 2. The summed E-state index contributed by atoms with van der Waals surface area (Å²) in [5.74, 6) is -1.34. The molecule has 2 amide bonds. The summed E-state index contributed by atoms with van der Waals surface area (Å²) in [6.45, 7) is 5.55. The van der Waals surface area contributed by atoms with Crippen molar-refractivity contribution in [3.63, 3.8) is 0 Å². The highest BCUT2D eigenvalue weighted by atomic mass is 16.5. The van der Waals surface area contributed by atoms with Crippen LogP contribution in [0.25, 0.3) is 0 Å². The summed E-state index contributed by atoms with van der Waals surface area (Å²) < 4.78 is 4.86. The minimum Gasteiger partial charge on any atom is -0.467 e. The normalized spacial score (nSPS) is 17.3. The minimum atomic E-state index is -0.815. The number of ether oxygens (including phenoxy) is 1. The lowest BCUT2D eigenvalue weighted by atomic mass is 9.82. The van der Waals surface area contributed by atoms with Gasteiger partial charge in [-0.25, -0.2) is 9.78 Å². The van der Waals surface area contributed by atoms with E-state index in [1.54, 1.807) is 0 Å². The van der Waals surface area contributed by atoms with Gasteiger partial charge in [0, 0.05) is 15.2 Å². The molecule has 0 unspecified atom stereocenters. The number of nitrogens with one attached hydrogen (secondary N) is 2. The van der Waals surface area contributed by atoms with E-state index in [9.17, 15) is 14.4 Å². The van der Waals surface area contributed by atoms with Crippen LogP contribution in [0.2, 0.25) is 0 Å². The molecule has 8 nitrogen and oxygen atoms in total. The van der Waals surface area contributed by atoms with Gasteiger partial charge in [-0.3, -0.25) is 14.6 Å². The predicted molar refractivity (Wildman–Crippen MR) is 107 cm³/mol. The first-order valence-corrected chi connectivity index (χ1v) is 9.69. The van der Waals surface area contributed by atoms with Crippen LogP contribution >= 0.6 is 0 Å². The van der Waals surface area contributed by atoms with E-state index in [2.05, 4.69) is 20.6 Å². The zero-order chi connectivity index (χ0) is 20.7. The van der Waals surface area contributed by atoms with Gasteiger partial charge in [0.15, 0.2) is 0 Å². The molecule has 0 saturated heterocycles. The predicted octanol–water partition coefficient (Wildman–Crippen LogP) is 2.35. The van der Waals surface area contributed by atoms with Gasteiger partial charge in [0.25, 0.3) is 5.91 Å². The highest BCUT2D eigenvalue weighted by Gasteiger charge is 2.38. The van der Waals surface area contributed by atoms with E-state index < -0.39 is 29.4 Å². The topological polar surface area (TPSA) is 110 Å². The lowest BCUT2D eigenvalue weighted by Crippen LogP contribution is -2.58. The SMILES string of the molecule is COC(=O)[C@@H](NC(=O)[C@@H](NC(=O)c1cnccn1)C1CCCCC1)C(C)(C)C.[HH].[HH]. The van der Waals surface area contributed by atoms with Crippen LogP contribution in [0.5, 0.6) is 0 Å². The van der Waals surface area contributed by atoms with Crippen LogP contribution < -0.4 is 10.6 Å². The molecule has 2 N–H and O–H groups in total. The number of hydrogen-bond donors (Lipinski definition) is 2. The average molecular weight is 395 g/mol. The van der Waals surface area contributed by atoms with Crippen molar-refractivity contribution in [2.24, 2.45) is 11.3 Å². The summed E-state index contributed by atoms with van der Waals surface area (Å²) in [5.41, 5.74) is -0.383. The summed E-state index contributed by atoms with van der Waals surface area (Å²) in [6.07, 6.45) is 9.09. The fourth-order valence-corrected chi connectivity index (χ4v) is 3.48. The Balaban J connectivity index is 0.00000420. The molecule has 158 valence electrons. The van der Waals surface area contributed by atoms with Gasteiger partial charge in [0.1, 0.15) is 17.8 Å². The largest absolute Gasteiger partial charge is 0.467 e. The summed E-state index contributed by atoms with van der Waals surface area (Å²) in [5, 5.41) is 5.61. The third-order valence-corrected chi connectivity index (χ3v) is 5.08. The van der Waals surface area contributed by atoms with Crippen LogP contribution in [0.1, 0.15) is 66.2 Å². The van der Waals surface area contributed by atoms with Crippen LogP contribution in [0, 0.1) is 11.3 Å². The van der Waals surface area contributed by atoms with E-state index in [0.29, 0.717) is 0 Å². The van der Waals surface area contributed by atoms with Gasteiger partial charge in [-0.2, -0.15) is 0 Å². The van der Waals surface area contributed by atoms with E-state index in [4.69, 9.17) is 4.74 Å². The van der Waals surface area contributed by atoms with Crippen LogP contribution in [-0.2, 0) is 14.3 Å². The van der Waals surface area contributed by atoms with Crippen molar-refractivity contribution in [2.75, 3.05) is 7.11 Å². The Morgan fingerprint density at radius 3 is 2.36 bits per heavy atom. The van der Waals surface area contributed by atoms with E-state index in [0.717, 1.165) is 32.1 Å². The number of esters is 1. The first kappa shape index (κ1) is 21.8. The highest BCUT2D eigenvalue weighted by Crippen LogP contribution is 2.28. The molecule has 1 heterocycles. The van der Waals surface area contributed by atoms with E-state index in [1.165, 1.54) is 25.7 Å². The molecule has 1 fully saturated rings. The number of aromatic nitrogens is 2. The minimum absolute atomic E-state index is 0. The molecule has 0 radical (unpaired) electrons. The fraction of sp³-hybridized carbons (Fsp3) is 0.650. The summed E-state index contributed by atoms with van der Waals surface area (Å²) in [6, 6.07) is -1.56. The van der Waals surface area contributed by atoms with Gasteiger partial charge >= 0.3 is 5.97 Å². The number of rotatable bonds is 6. The second-order valence-electron chi connectivity index (χ2n) is 8.27. The first-order valence-electron chi connectivity index (χ1n) is 9.69. The van der Waals surface area contributed by atoms with Gasteiger partial charge in [-0.05, 0) is 24.2 Å². The van der Waals surface area contributed by atoms with Gasteiger partial charge < -0.3 is 15.4 Å². The molecule has 0 bridgehead atoms. The van der Waals surface area contributed by atoms with Gasteiger partial charge in [-0.15, -0.1) is 0 Å². The second kappa shape index (κ2) is 9.61. The number of amides is 2. The van der Waals surface area contributed by atoms with Crippen molar-refractivity contribution in [2.45, 2.75) is 65.0 Å². The quantitative estimate of drug-likeness (QED) is 0.717. The Kier molecular flexibility index (Phi) is 7.48. The molecule has 8 heteroatoms. The van der Waals surface area contributed by atoms with E-state index >= 15 is 0 Å². The molecule has 0 spiro atoms. The maximum atomic E-state index is 13.1. The van der Waals surface area contributed by atoms with Crippen molar-refractivity contribution < 1.29 is 22.0 Å². The lowest BCUT2D eigenvalue weighted by Gasteiger charge is -2.34. The smallest absolute Gasteiger partial charge is 0.328 e. The molecule has 2 atom stereocenters. The van der Waals surface area contributed by atoms with Crippen molar-refractivity contribution in [3.05, 3.63) is 24.3 Å². The van der Waals surface area contributed by atoms with E-state index in [1.807, 2.05) is 20.8 Å². The zero-order valence-corrected chi connectivity index (χ0v) is 17.0. The Morgan fingerprint density at radius 2 is 1.82 bits per heavy atom. The second-order valence-corrected chi connectivity index (χ2v) is 8.27. The molecule has 1 aromatic heterocycles. The van der Waals surface area contributed by atoms with Crippen LogP contribution in [0.15, 0.2) is 18.6 Å². The third kappa shape index (κ3) is 5.74. The van der Waals surface area contributed by atoms with Crippen molar-refractivity contribution in [1.82, 2.24) is 20.6 Å². The Labute approximate surface area is 168 Å². The number of carbonyl (C=O) groups excluding carboxylic acids is 3. The van der Waals surface area contributed by atoms with Crippen molar-refractivity contribution in [3.8, 4) is 0 Å². The third-order valence-electron chi connectivity index (χ3n) is 5.08. The first-order chi connectivity index (χ1) is 13.2. The molecule has 28 heavy (non-hydrogen) atoms. The molecular weight excluding hydrogens is 360 g/mol. The zero-order valence-electron chi connectivity index (χ0n) is 17.0. The van der Waals surface area contributed by atoms with Crippen LogP contribution in [-0.4, -0.2) is 46.9 Å². The van der Waals surface area contributed by atoms with Gasteiger partial charge in [0.05, 0.1) is 13.3 Å². The lowest BCUT2D eigenvalue weighted by molar-refractivity contribution is -0.148. The summed E-state index contributed by atoms with van der Waals surface area (Å²) in [4.78, 5) is 45.8. The highest BCUT2D eigenvalue weighted by molar-refractivity contribution is 5.96. The monoisotopic (exact) mass is 394 g/mol. The molecule has 2 rings (SSSR count). The summed E-state index contributed by atoms with van der Waals surface area (Å²) >= 11 is 0. The van der Waals surface area contributed by atoms with Crippen molar-refractivity contribution >= 4 is 17.8 Å². The van der Waals surface area contributed by atoms with E-state index in [-0.39, 0.29) is 20.4 Å². The van der Waals surface area contributed by atoms with Crippen LogP contribution in [0.4, 0.5) is 0 Å². The molecular formula is C20H34N4O4.